The molecule has 0 aliphatic rings. The highest BCUT2D eigenvalue weighted by atomic mass is 15.0. The molecule has 7 aromatic rings. The van der Waals surface area contributed by atoms with Crippen molar-refractivity contribution >= 4 is 49.6 Å². The van der Waals surface area contributed by atoms with Gasteiger partial charge in [-0.3, -0.25) is 9.38 Å². The van der Waals surface area contributed by atoms with Gasteiger partial charge in [0.05, 0.1) is 16.7 Å². The average Bonchev–Trinajstić information content (AvgIpc) is 3.42. The third-order valence-corrected chi connectivity index (χ3v) is 7.48. The number of para-hydroxylation sites is 1. The van der Waals surface area contributed by atoms with E-state index in [2.05, 4.69) is 94.3 Å². The van der Waals surface area contributed by atoms with Gasteiger partial charge >= 0.3 is 0 Å². The second kappa shape index (κ2) is 9.80. The SMILES string of the molecule is NC/C=C\C=C(c1cccnc1)c1ccccc1-c1ccc2c(nc3c4ccccc4c4ccccc4n23)c1N. The van der Waals surface area contributed by atoms with Gasteiger partial charge in [0.2, 0.25) is 0 Å². The van der Waals surface area contributed by atoms with Gasteiger partial charge in [0.15, 0.2) is 0 Å². The van der Waals surface area contributed by atoms with Gasteiger partial charge in [0.1, 0.15) is 11.2 Å². The summed E-state index contributed by atoms with van der Waals surface area (Å²) in [7, 11) is 0. The molecule has 3 heterocycles. The Morgan fingerprint density at radius 3 is 2.35 bits per heavy atom. The Balaban J connectivity index is 1.51. The van der Waals surface area contributed by atoms with E-state index in [0.29, 0.717) is 12.2 Å². The van der Waals surface area contributed by atoms with Gasteiger partial charge in [0.25, 0.3) is 0 Å². The second-order valence-electron chi connectivity index (χ2n) is 9.76. The van der Waals surface area contributed by atoms with Crippen molar-refractivity contribution in [1.82, 2.24) is 14.4 Å². The van der Waals surface area contributed by atoms with E-state index in [1.165, 1.54) is 10.8 Å². The van der Waals surface area contributed by atoms with E-state index in [-0.39, 0.29) is 0 Å². The van der Waals surface area contributed by atoms with Crippen molar-refractivity contribution in [2.24, 2.45) is 5.73 Å². The number of nitrogen functional groups attached to an aromatic ring is 1. The molecule has 0 saturated carbocycles. The van der Waals surface area contributed by atoms with E-state index in [9.17, 15) is 0 Å². The van der Waals surface area contributed by atoms with Crippen molar-refractivity contribution in [2.75, 3.05) is 12.3 Å². The Morgan fingerprint density at radius 1 is 0.750 bits per heavy atom. The predicted octanol–water partition coefficient (Wildman–Crippen LogP) is 7.38. The number of rotatable bonds is 5. The molecule has 5 nitrogen and oxygen atoms in total. The number of nitrogens with two attached hydrogens (primary N) is 2. The summed E-state index contributed by atoms with van der Waals surface area (Å²) < 4.78 is 2.23. The number of fused-ring (bicyclic) bond motifs is 8. The van der Waals surface area contributed by atoms with Gasteiger partial charge in [-0.15, -0.1) is 0 Å². The number of hydrogen-bond acceptors (Lipinski definition) is 4. The number of allylic oxidation sites excluding steroid dienone is 2. The van der Waals surface area contributed by atoms with Gasteiger partial charge in [0, 0.05) is 40.8 Å². The molecule has 0 radical (unpaired) electrons. The highest BCUT2D eigenvalue weighted by molar-refractivity contribution is 6.15. The van der Waals surface area contributed by atoms with Crippen LogP contribution in [0.3, 0.4) is 0 Å². The number of imidazole rings is 1. The minimum absolute atomic E-state index is 0.472. The molecule has 0 amide bonds. The normalized spacial score (nSPS) is 12.4. The van der Waals surface area contributed by atoms with Crippen LogP contribution in [0.2, 0.25) is 0 Å². The largest absolute Gasteiger partial charge is 0.396 e. The van der Waals surface area contributed by atoms with Crippen LogP contribution in [0.15, 0.2) is 128 Å². The number of aromatic nitrogens is 3. The van der Waals surface area contributed by atoms with E-state index in [0.717, 1.165) is 55.4 Å². The lowest BCUT2D eigenvalue weighted by Gasteiger charge is -2.15. The molecule has 0 unspecified atom stereocenters. The number of benzene rings is 4. The Labute approximate surface area is 231 Å². The van der Waals surface area contributed by atoms with E-state index in [1.54, 1.807) is 6.20 Å². The Morgan fingerprint density at radius 2 is 1.52 bits per heavy atom. The van der Waals surface area contributed by atoms with Gasteiger partial charge in [-0.1, -0.05) is 97.1 Å². The molecule has 5 heteroatoms. The molecule has 0 saturated heterocycles. The van der Waals surface area contributed by atoms with Crippen molar-refractivity contribution in [3.05, 3.63) is 139 Å². The standard InChI is InChI=1S/C35H27N5/c36-20-8-7-11-24(23-10-9-21-38-22-23)25-12-1-2-13-26(25)29-18-19-32-34(33(29)37)39-35-30-16-4-3-14-27(30)28-15-5-6-17-31(28)40(32)35/h1-19,21-22H,20,36-37H2/b8-7-,24-11?. The molecule has 0 aliphatic heterocycles. The summed E-state index contributed by atoms with van der Waals surface area (Å²) in [6.45, 7) is 0.472. The lowest BCUT2D eigenvalue weighted by molar-refractivity contribution is 1.25. The van der Waals surface area contributed by atoms with E-state index in [1.807, 2.05) is 36.5 Å². The van der Waals surface area contributed by atoms with E-state index >= 15 is 0 Å². The lowest BCUT2D eigenvalue weighted by atomic mass is 9.90. The van der Waals surface area contributed by atoms with Gasteiger partial charge in [-0.2, -0.15) is 0 Å². The Kier molecular flexibility index (Phi) is 5.84. The monoisotopic (exact) mass is 517 g/mol. The van der Waals surface area contributed by atoms with Crippen LogP contribution >= 0.6 is 0 Å². The topological polar surface area (TPSA) is 82.2 Å². The van der Waals surface area contributed by atoms with E-state index in [4.69, 9.17) is 16.5 Å². The molecule has 4 aromatic carbocycles. The number of hydrogen-bond donors (Lipinski definition) is 2. The number of pyridine rings is 2. The molecule has 0 spiro atoms. The zero-order chi connectivity index (χ0) is 27.1. The minimum Gasteiger partial charge on any atom is -0.396 e. The fraction of sp³-hybridized carbons (Fsp3) is 0.0286. The summed E-state index contributed by atoms with van der Waals surface area (Å²) in [6, 6.07) is 33.5. The van der Waals surface area contributed by atoms with Crippen molar-refractivity contribution in [1.29, 1.82) is 0 Å². The van der Waals surface area contributed by atoms with E-state index < -0.39 is 0 Å². The molecular weight excluding hydrogens is 490 g/mol. The second-order valence-corrected chi connectivity index (χ2v) is 9.76. The van der Waals surface area contributed by atoms with Crippen LogP contribution in [-0.4, -0.2) is 20.9 Å². The van der Waals surface area contributed by atoms with Crippen LogP contribution in [-0.2, 0) is 0 Å². The molecule has 3 aromatic heterocycles. The molecule has 40 heavy (non-hydrogen) atoms. The van der Waals surface area contributed by atoms with Gasteiger partial charge < -0.3 is 11.5 Å². The fourth-order valence-electron chi connectivity index (χ4n) is 5.69. The minimum atomic E-state index is 0.472. The molecule has 0 fully saturated rings. The Bertz CT molecular complexity index is 2100. The van der Waals surface area contributed by atoms with Gasteiger partial charge in [-0.25, -0.2) is 4.98 Å². The van der Waals surface area contributed by atoms with Crippen LogP contribution in [0.1, 0.15) is 11.1 Å². The summed E-state index contributed by atoms with van der Waals surface area (Å²) in [5.74, 6) is 0. The molecular formula is C35H27N5. The summed E-state index contributed by atoms with van der Waals surface area (Å²) in [4.78, 5) is 9.53. The fourth-order valence-corrected chi connectivity index (χ4v) is 5.69. The number of nitrogens with zero attached hydrogens (tertiary/aromatic N) is 3. The quantitative estimate of drug-likeness (QED) is 0.142. The van der Waals surface area contributed by atoms with Gasteiger partial charge in [-0.05, 0) is 40.3 Å². The maximum absolute atomic E-state index is 6.99. The first-order valence-corrected chi connectivity index (χ1v) is 13.3. The zero-order valence-electron chi connectivity index (χ0n) is 21.8. The zero-order valence-corrected chi connectivity index (χ0v) is 21.8. The van der Waals surface area contributed by atoms with Crippen molar-refractivity contribution < 1.29 is 0 Å². The maximum atomic E-state index is 6.99. The average molecular weight is 518 g/mol. The van der Waals surface area contributed by atoms with Crippen LogP contribution in [0.4, 0.5) is 5.69 Å². The first-order valence-electron chi connectivity index (χ1n) is 13.3. The van der Waals surface area contributed by atoms with Crippen molar-refractivity contribution in [3.63, 3.8) is 0 Å². The summed E-state index contributed by atoms with van der Waals surface area (Å²) in [6.07, 6.45) is 9.67. The summed E-state index contributed by atoms with van der Waals surface area (Å²) >= 11 is 0. The van der Waals surface area contributed by atoms with Crippen LogP contribution in [0, 0.1) is 0 Å². The molecule has 0 bridgehead atoms. The number of anilines is 1. The maximum Gasteiger partial charge on any atom is 0.146 e. The molecule has 0 aliphatic carbocycles. The van der Waals surface area contributed by atoms with Crippen LogP contribution in [0.5, 0.6) is 0 Å². The molecule has 4 N–H and O–H groups in total. The summed E-state index contributed by atoms with van der Waals surface area (Å²) in [5, 5.41) is 3.48. The van der Waals surface area contributed by atoms with Crippen molar-refractivity contribution in [3.8, 4) is 11.1 Å². The van der Waals surface area contributed by atoms with Crippen molar-refractivity contribution in [2.45, 2.75) is 0 Å². The molecule has 7 rings (SSSR count). The third kappa shape index (κ3) is 3.75. The predicted molar refractivity (Wildman–Crippen MR) is 167 cm³/mol. The Hall–Kier alpha value is -5.26. The first kappa shape index (κ1) is 23.8. The lowest BCUT2D eigenvalue weighted by Crippen LogP contribution is -1.97. The molecule has 0 atom stereocenters. The first-order chi connectivity index (χ1) is 19.8. The smallest absolute Gasteiger partial charge is 0.146 e. The molecule has 192 valence electrons. The van der Waals surface area contributed by atoms with Crippen LogP contribution in [0.25, 0.3) is 55.1 Å². The summed E-state index contributed by atoms with van der Waals surface area (Å²) in [5.41, 5.74) is 22.3. The third-order valence-electron chi connectivity index (χ3n) is 7.48. The highest BCUT2D eigenvalue weighted by Gasteiger charge is 2.19. The van der Waals surface area contributed by atoms with Crippen LogP contribution < -0.4 is 11.5 Å². The highest BCUT2D eigenvalue weighted by Crippen LogP contribution is 2.40.